The molecule has 1 fully saturated rings. The van der Waals surface area contributed by atoms with Crippen molar-refractivity contribution >= 4 is 12.2 Å². The fourth-order valence-electron chi connectivity index (χ4n) is 1.67. The lowest BCUT2D eigenvalue weighted by Crippen LogP contribution is -2.14. The molecular weight excluding hydrogens is 198 g/mol. The van der Waals surface area contributed by atoms with Crippen LogP contribution in [0.4, 0.5) is 0 Å². The Labute approximate surface area is 89.1 Å². The zero-order valence-corrected chi connectivity index (χ0v) is 9.27. The van der Waals surface area contributed by atoms with E-state index < -0.39 is 11.4 Å². The quantitative estimate of drug-likeness (QED) is 0.407. The highest BCUT2D eigenvalue weighted by molar-refractivity contribution is 5.86. The first-order chi connectivity index (χ1) is 7.05. The highest BCUT2D eigenvalue weighted by atomic mass is 16.6. The minimum absolute atomic E-state index is 0.0301. The summed E-state index contributed by atoms with van der Waals surface area (Å²) in [4.78, 5) is 15.8. The standard InChI is InChI=1S/C10H17NO4/c1-7-8(10(7,2)9(12)13)6-11-15-5-4-14-3/h6-8H,4-5H2,1-3H3,(H,12,13)/b11-6+/t7?,8?,10-/m1/s1. The van der Waals surface area contributed by atoms with Crippen molar-refractivity contribution in [3.8, 4) is 0 Å². The molecule has 1 aliphatic rings. The maximum atomic E-state index is 10.9. The van der Waals surface area contributed by atoms with Gasteiger partial charge in [0.2, 0.25) is 0 Å². The maximum Gasteiger partial charge on any atom is 0.310 e. The van der Waals surface area contributed by atoms with Crippen LogP contribution in [0.3, 0.4) is 0 Å². The lowest BCUT2D eigenvalue weighted by molar-refractivity contribution is -0.143. The van der Waals surface area contributed by atoms with Crippen LogP contribution in [0.25, 0.3) is 0 Å². The van der Waals surface area contributed by atoms with Gasteiger partial charge in [-0.2, -0.15) is 0 Å². The number of aliphatic carboxylic acids is 1. The summed E-state index contributed by atoms with van der Waals surface area (Å²) < 4.78 is 4.77. The molecule has 0 aromatic rings. The average Bonchev–Trinajstić information content (AvgIpc) is 2.72. The van der Waals surface area contributed by atoms with Crippen LogP contribution in [-0.2, 0) is 14.4 Å². The molecule has 86 valence electrons. The molecule has 0 aromatic carbocycles. The molecule has 0 heterocycles. The Bertz CT molecular complexity index is 266. The zero-order valence-electron chi connectivity index (χ0n) is 9.27. The molecule has 0 saturated heterocycles. The van der Waals surface area contributed by atoms with Crippen LogP contribution >= 0.6 is 0 Å². The van der Waals surface area contributed by atoms with E-state index in [1.165, 1.54) is 0 Å². The molecule has 0 aromatic heterocycles. The van der Waals surface area contributed by atoms with E-state index in [9.17, 15) is 4.79 Å². The summed E-state index contributed by atoms with van der Waals surface area (Å²) in [6, 6.07) is 0. The number of oxime groups is 1. The first-order valence-corrected chi connectivity index (χ1v) is 4.93. The van der Waals surface area contributed by atoms with Crippen molar-refractivity contribution in [3.05, 3.63) is 0 Å². The molecule has 0 spiro atoms. The second-order valence-electron chi connectivity index (χ2n) is 3.98. The molecule has 1 rings (SSSR count). The number of rotatable bonds is 6. The van der Waals surface area contributed by atoms with Crippen molar-refractivity contribution in [3.63, 3.8) is 0 Å². The minimum Gasteiger partial charge on any atom is -0.481 e. The van der Waals surface area contributed by atoms with Gasteiger partial charge >= 0.3 is 5.97 Å². The summed E-state index contributed by atoms with van der Waals surface area (Å²) in [5, 5.41) is 12.7. The molecule has 2 unspecified atom stereocenters. The van der Waals surface area contributed by atoms with Gasteiger partial charge in [-0.3, -0.25) is 4.79 Å². The topological polar surface area (TPSA) is 68.1 Å². The van der Waals surface area contributed by atoms with E-state index in [1.807, 2.05) is 6.92 Å². The van der Waals surface area contributed by atoms with Crippen molar-refractivity contribution in [2.24, 2.45) is 22.4 Å². The summed E-state index contributed by atoms with van der Waals surface area (Å²) in [6.07, 6.45) is 1.58. The molecule has 5 heteroatoms. The summed E-state index contributed by atoms with van der Waals surface area (Å²) in [5.74, 6) is -0.689. The number of carboxylic acids is 1. The Morgan fingerprint density at radius 2 is 2.27 bits per heavy atom. The fraction of sp³-hybridized carbons (Fsp3) is 0.800. The van der Waals surface area contributed by atoms with E-state index in [-0.39, 0.29) is 11.8 Å². The van der Waals surface area contributed by atoms with E-state index in [1.54, 1.807) is 20.2 Å². The van der Waals surface area contributed by atoms with Crippen LogP contribution in [0.5, 0.6) is 0 Å². The number of ether oxygens (including phenoxy) is 1. The lowest BCUT2D eigenvalue weighted by Gasteiger charge is -2.01. The smallest absolute Gasteiger partial charge is 0.310 e. The van der Waals surface area contributed by atoms with Crippen molar-refractivity contribution in [2.75, 3.05) is 20.3 Å². The summed E-state index contributed by atoms with van der Waals surface area (Å²) >= 11 is 0. The average molecular weight is 215 g/mol. The van der Waals surface area contributed by atoms with Crippen LogP contribution in [0.15, 0.2) is 5.16 Å². The Hall–Kier alpha value is -1.10. The summed E-state index contributed by atoms with van der Waals surface area (Å²) in [6.45, 7) is 4.50. The maximum absolute atomic E-state index is 10.9. The van der Waals surface area contributed by atoms with Crippen molar-refractivity contribution in [1.82, 2.24) is 0 Å². The van der Waals surface area contributed by atoms with Gasteiger partial charge in [0.25, 0.3) is 0 Å². The van der Waals surface area contributed by atoms with Gasteiger partial charge in [-0.25, -0.2) is 0 Å². The van der Waals surface area contributed by atoms with Gasteiger partial charge in [0.05, 0.1) is 12.0 Å². The molecule has 3 atom stereocenters. The lowest BCUT2D eigenvalue weighted by atomic mass is 10.1. The Morgan fingerprint density at radius 3 is 2.73 bits per heavy atom. The number of carbonyl (C=O) groups is 1. The van der Waals surface area contributed by atoms with Gasteiger partial charge in [0.15, 0.2) is 0 Å². The number of hydrogen-bond donors (Lipinski definition) is 1. The van der Waals surface area contributed by atoms with E-state index in [4.69, 9.17) is 14.7 Å². The second-order valence-corrected chi connectivity index (χ2v) is 3.98. The molecule has 15 heavy (non-hydrogen) atoms. The first-order valence-electron chi connectivity index (χ1n) is 4.93. The third-order valence-corrected chi connectivity index (χ3v) is 3.20. The molecule has 1 saturated carbocycles. The van der Waals surface area contributed by atoms with E-state index in [2.05, 4.69) is 5.16 Å². The van der Waals surface area contributed by atoms with Crippen molar-refractivity contribution in [1.29, 1.82) is 0 Å². The Morgan fingerprint density at radius 1 is 1.60 bits per heavy atom. The van der Waals surface area contributed by atoms with Crippen LogP contribution < -0.4 is 0 Å². The molecule has 0 amide bonds. The summed E-state index contributed by atoms with van der Waals surface area (Å²) in [7, 11) is 1.58. The van der Waals surface area contributed by atoms with Crippen molar-refractivity contribution in [2.45, 2.75) is 13.8 Å². The van der Waals surface area contributed by atoms with E-state index in [0.29, 0.717) is 13.2 Å². The molecule has 0 aliphatic heterocycles. The fourth-order valence-corrected chi connectivity index (χ4v) is 1.67. The summed E-state index contributed by atoms with van der Waals surface area (Å²) in [5.41, 5.74) is -0.673. The van der Waals surface area contributed by atoms with Crippen molar-refractivity contribution < 1.29 is 19.5 Å². The molecule has 0 bridgehead atoms. The number of carboxylic acid groups (broad SMARTS) is 1. The molecule has 1 N–H and O–H groups in total. The molecular formula is C10H17NO4. The molecule has 5 nitrogen and oxygen atoms in total. The normalized spacial score (nSPS) is 34.3. The number of methoxy groups -OCH3 is 1. The largest absolute Gasteiger partial charge is 0.481 e. The molecule has 0 radical (unpaired) electrons. The zero-order chi connectivity index (χ0) is 11.5. The van der Waals surface area contributed by atoms with Gasteiger partial charge in [-0.05, 0) is 12.8 Å². The molecule has 1 aliphatic carbocycles. The van der Waals surface area contributed by atoms with Crippen LogP contribution in [0, 0.1) is 17.3 Å². The Balaban J connectivity index is 2.33. The van der Waals surface area contributed by atoms with Crippen LogP contribution in [0.2, 0.25) is 0 Å². The van der Waals surface area contributed by atoms with E-state index >= 15 is 0 Å². The predicted molar refractivity (Wildman–Crippen MR) is 54.7 cm³/mol. The predicted octanol–water partition coefficient (Wildman–Crippen LogP) is 0.992. The highest BCUT2D eigenvalue weighted by Gasteiger charge is 2.63. The first kappa shape index (κ1) is 12.0. The Kier molecular flexibility index (Phi) is 3.68. The van der Waals surface area contributed by atoms with Crippen LogP contribution in [-0.4, -0.2) is 37.6 Å². The number of nitrogens with zero attached hydrogens (tertiary/aromatic N) is 1. The monoisotopic (exact) mass is 215 g/mol. The van der Waals surface area contributed by atoms with Gasteiger partial charge in [-0.15, -0.1) is 0 Å². The van der Waals surface area contributed by atoms with Crippen LogP contribution in [0.1, 0.15) is 13.8 Å². The third-order valence-electron chi connectivity index (χ3n) is 3.20. The third kappa shape index (κ3) is 2.28. The SMILES string of the molecule is COCCO/N=C/C1C(C)[C@@]1(C)C(=O)O. The number of hydrogen-bond acceptors (Lipinski definition) is 4. The van der Waals surface area contributed by atoms with Gasteiger partial charge in [-0.1, -0.05) is 12.1 Å². The second kappa shape index (κ2) is 4.61. The van der Waals surface area contributed by atoms with E-state index in [0.717, 1.165) is 0 Å². The highest BCUT2D eigenvalue weighted by Crippen LogP contribution is 2.57. The van der Waals surface area contributed by atoms with Gasteiger partial charge < -0.3 is 14.7 Å². The minimum atomic E-state index is -0.775. The van der Waals surface area contributed by atoms with Gasteiger partial charge in [0.1, 0.15) is 6.61 Å². The van der Waals surface area contributed by atoms with Gasteiger partial charge in [0, 0.05) is 19.2 Å².